The summed E-state index contributed by atoms with van der Waals surface area (Å²) in [7, 11) is 0. The van der Waals surface area contributed by atoms with Crippen LogP contribution in [0.5, 0.6) is 5.75 Å². The third-order valence-corrected chi connectivity index (χ3v) is 3.45. The largest absolute Gasteiger partial charge is 0.504 e. The number of amides is 1. The number of carbonyl (C=O) groups excluding carboxylic acids is 1. The fourth-order valence-electron chi connectivity index (χ4n) is 1.38. The number of anilines is 1. The van der Waals surface area contributed by atoms with E-state index in [9.17, 15) is 9.90 Å². The van der Waals surface area contributed by atoms with Gasteiger partial charge >= 0.3 is 0 Å². The Bertz CT molecular complexity index is 635. The van der Waals surface area contributed by atoms with Crippen LogP contribution in [0.4, 0.5) is 5.69 Å². The van der Waals surface area contributed by atoms with Gasteiger partial charge in [0.1, 0.15) is 10.8 Å². The topological polar surface area (TPSA) is 65.1 Å². The van der Waals surface area contributed by atoms with Gasteiger partial charge in [-0.1, -0.05) is 46.4 Å². The standard InChI is InChI=1S/C11H6Cl4N2O2/c12-4-1-5(13)9(18)7(2-4)17-11(19)8-3-6(14)10(15)16-8/h1-3,16,18H,(H,17,19). The SMILES string of the molecule is O=C(Nc1cc(Cl)cc(Cl)c1O)c1cc(Cl)c(Cl)[nH]1. The van der Waals surface area contributed by atoms with Crippen LogP contribution in [0.3, 0.4) is 0 Å². The van der Waals surface area contributed by atoms with Crippen LogP contribution in [0.15, 0.2) is 18.2 Å². The number of halogens is 4. The van der Waals surface area contributed by atoms with Crippen molar-refractivity contribution in [2.24, 2.45) is 0 Å². The van der Waals surface area contributed by atoms with Crippen molar-refractivity contribution in [3.63, 3.8) is 0 Å². The number of nitrogens with one attached hydrogen (secondary N) is 2. The molecular weight excluding hydrogens is 334 g/mol. The third kappa shape index (κ3) is 3.09. The molecule has 1 aromatic carbocycles. The number of benzene rings is 1. The lowest BCUT2D eigenvalue weighted by Crippen LogP contribution is -2.12. The zero-order chi connectivity index (χ0) is 14.2. The van der Waals surface area contributed by atoms with Crippen molar-refractivity contribution in [3.8, 4) is 5.75 Å². The quantitative estimate of drug-likeness (QED) is 0.701. The molecule has 0 aliphatic rings. The Hall–Kier alpha value is -1.07. The van der Waals surface area contributed by atoms with Crippen molar-refractivity contribution >= 4 is 58.0 Å². The predicted molar refractivity (Wildman–Crippen MR) is 76.9 cm³/mol. The molecule has 0 saturated carbocycles. The van der Waals surface area contributed by atoms with Crippen molar-refractivity contribution in [2.45, 2.75) is 0 Å². The maximum absolute atomic E-state index is 11.9. The summed E-state index contributed by atoms with van der Waals surface area (Å²) in [5, 5.41) is 12.8. The van der Waals surface area contributed by atoms with E-state index in [4.69, 9.17) is 46.4 Å². The number of aromatic hydroxyl groups is 1. The molecule has 0 aliphatic heterocycles. The highest BCUT2D eigenvalue weighted by atomic mass is 35.5. The Morgan fingerprint density at radius 2 is 1.79 bits per heavy atom. The summed E-state index contributed by atoms with van der Waals surface area (Å²) >= 11 is 22.9. The average molecular weight is 340 g/mol. The molecule has 2 aromatic rings. The second kappa shape index (κ2) is 5.51. The molecule has 19 heavy (non-hydrogen) atoms. The minimum atomic E-state index is -0.539. The summed E-state index contributed by atoms with van der Waals surface area (Å²) in [5.41, 5.74) is 0.231. The van der Waals surface area contributed by atoms with Crippen LogP contribution in [-0.4, -0.2) is 16.0 Å². The molecule has 0 bridgehead atoms. The average Bonchev–Trinajstić information content (AvgIpc) is 2.66. The molecule has 0 unspecified atom stereocenters. The van der Waals surface area contributed by atoms with E-state index >= 15 is 0 Å². The summed E-state index contributed by atoms with van der Waals surface area (Å²) < 4.78 is 0. The number of aromatic amines is 1. The van der Waals surface area contributed by atoms with Gasteiger partial charge in [-0.3, -0.25) is 4.79 Å². The zero-order valence-electron chi connectivity index (χ0n) is 9.10. The van der Waals surface area contributed by atoms with Gasteiger partial charge in [-0.2, -0.15) is 0 Å². The van der Waals surface area contributed by atoms with Crippen LogP contribution < -0.4 is 5.32 Å². The molecular formula is C11H6Cl4N2O2. The van der Waals surface area contributed by atoms with E-state index in [0.29, 0.717) is 0 Å². The summed E-state index contributed by atoms with van der Waals surface area (Å²) in [6, 6.07) is 4.09. The van der Waals surface area contributed by atoms with Crippen LogP contribution in [-0.2, 0) is 0 Å². The Labute approximate surface area is 128 Å². The first-order chi connectivity index (χ1) is 8.88. The summed E-state index contributed by atoms with van der Waals surface area (Å²) in [6.45, 7) is 0. The Morgan fingerprint density at radius 3 is 2.37 bits per heavy atom. The molecule has 8 heteroatoms. The minimum absolute atomic E-state index is 0.0327. The monoisotopic (exact) mass is 338 g/mol. The van der Waals surface area contributed by atoms with Gasteiger partial charge in [0.2, 0.25) is 0 Å². The molecule has 0 saturated heterocycles. The molecule has 0 atom stereocenters. The summed E-state index contributed by atoms with van der Waals surface area (Å²) in [4.78, 5) is 14.5. The fraction of sp³-hybridized carbons (Fsp3) is 0. The molecule has 100 valence electrons. The highest BCUT2D eigenvalue weighted by molar-refractivity contribution is 6.41. The van der Waals surface area contributed by atoms with Gasteiger partial charge in [0.15, 0.2) is 5.75 Å². The van der Waals surface area contributed by atoms with Gasteiger partial charge < -0.3 is 15.4 Å². The molecule has 1 aromatic heterocycles. The first kappa shape index (κ1) is 14.3. The Kier molecular flexibility index (Phi) is 4.16. The molecule has 4 nitrogen and oxygen atoms in total. The van der Waals surface area contributed by atoms with Crippen LogP contribution in [0.2, 0.25) is 20.2 Å². The second-order valence-electron chi connectivity index (χ2n) is 3.58. The highest BCUT2D eigenvalue weighted by Crippen LogP contribution is 2.35. The number of carbonyl (C=O) groups is 1. The van der Waals surface area contributed by atoms with Crippen molar-refractivity contribution < 1.29 is 9.90 Å². The van der Waals surface area contributed by atoms with Crippen LogP contribution >= 0.6 is 46.4 Å². The van der Waals surface area contributed by atoms with Crippen molar-refractivity contribution in [1.29, 1.82) is 0 Å². The molecule has 1 amide bonds. The van der Waals surface area contributed by atoms with Gasteiger partial charge in [0.05, 0.1) is 15.7 Å². The normalized spacial score (nSPS) is 10.5. The smallest absolute Gasteiger partial charge is 0.272 e. The molecule has 0 fully saturated rings. The molecule has 2 rings (SSSR count). The lowest BCUT2D eigenvalue weighted by atomic mass is 10.2. The maximum Gasteiger partial charge on any atom is 0.272 e. The Balaban J connectivity index is 2.29. The number of phenols is 1. The van der Waals surface area contributed by atoms with E-state index in [-0.39, 0.29) is 37.4 Å². The molecule has 0 aliphatic carbocycles. The van der Waals surface area contributed by atoms with Crippen molar-refractivity contribution in [2.75, 3.05) is 5.32 Å². The first-order valence-electron chi connectivity index (χ1n) is 4.92. The van der Waals surface area contributed by atoms with Crippen molar-refractivity contribution in [1.82, 2.24) is 4.98 Å². The lowest BCUT2D eigenvalue weighted by molar-refractivity contribution is 0.102. The van der Waals surface area contributed by atoms with Gasteiger partial charge in [-0.15, -0.1) is 0 Å². The Morgan fingerprint density at radius 1 is 1.11 bits per heavy atom. The van der Waals surface area contributed by atoms with E-state index < -0.39 is 5.91 Å². The number of H-pyrrole nitrogens is 1. The van der Waals surface area contributed by atoms with E-state index in [1.54, 1.807) is 0 Å². The van der Waals surface area contributed by atoms with Crippen LogP contribution in [0.25, 0.3) is 0 Å². The van der Waals surface area contributed by atoms with E-state index in [1.807, 2.05) is 0 Å². The summed E-state index contributed by atoms with van der Waals surface area (Å²) in [6.07, 6.45) is 0. The van der Waals surface area contributed by atoms with Gasteiger partial charge in [-0.05, 0) is 18.2 Å². The number of phenolic OH excluding ortho intramolecular Hbond substituents is 1. The molecule has 3 N–H and O–H groups in total. The van der Waals surface area contributed by atoms with Crippen molar-refractivity contribution in [3.05, 3.63) is 44.1 Å². The van der Waals surface area contributed by atoms with E-state index in [0.717, 1.165) is 0 Å². The predicted octanol–water partition coefficient (Wildman–Crippen LogP) is 4.59. The lowest BCUT2D eigenvalue weighted by Gasteiger charge is -2.08. The van der Waals surface area contributed by atoms with Crippen LogP contribution in [0.1, 0.15) is 10.5 Å². The maximum atomic E-state index is 11.9. The third-order valence-electron chi connectivity index (χ3n) is 2.25. The number of hydrogen-bond acceptors (Lipinski definition) is 2. The first-order valence-corrected chi connectivity index (χ1v) is 6.43. The van der Waals surface area contributed by atoms with Gasteiger partial charge in [0, 0.05) is 5.02 Å². The number of aromatic nitrogens is 1. The molecule has 1 heterocycles. The molecule has 0 spiro atoms. The number of rotatable bonds is 2. The van der Waals surface area contributed by atoms with E-state index in [1.165, 1.54) is 18.2 Å². The van der Waals surface area contributed by atoms with Gasteiger partial charge in [0.25, 0.3) is 5.91 Å². The fourth-order valence-corrected chi connectivity index (χ4v) is 2.18. The zero-order valence-corrected chi connectivity index (χ0v) is 12.1. The second-order valence-corrected chi connectivity index (χ2v) is 5.21. The molecule has 0 radical (unpaired) electrons. The van der Waals surface area contributed by atoms with Gasteiger partial charge in [-0.25, -0.2) is 0 Å². The number of hydrogen-bond donors (Lipinski definition) is 3. The summed E-state index contributed by atoms with van der Waals surface area (Å²) in [5.74, 6) is -0.814. The minimum Gasteiger partial charge on any atom is -0.504 e. The van der Waals surface area contributed by atoms with Crippen LogP contribution in [0, 0.1) is 0 Å². The highest BCUT2D eigenvalue weighted by Gasteiger charge is 2.15. The van der Waals surface area contributed by atoms with E-state index in [2.05, 4.69) is 10.3 Å².